The second-order valence-electron chi connectivity index (χ2n) is 4.65. The van der Waals surface area contributed by atoms with Gasteiger partial charge in [0.15, 0.2) is 11.3 Å². The molecular weight excluding hydrogens is 286 g/mol. The van der Waals surface area contributed by atoms with Gasteiger partial charge in [0.25, 0.3) is 0 Å². The standard InChI is InChI=1S/C12H12F6N2/c1-7(2)8(3)4-10(11(13,14)15,12(16,17)18)9(5-19)6-20/h7,9H,3-4H2,1-2H3. The van der Waals surface area contributed by atoms with Crippen molar-refractivity contribution in [3.63, 3.8) is 0 Å². The summed E-state index contributed by atoms with van der Waals surface area (Å²) < 4.78 is 78.3. The molecule has 0 aliphatic heterocycles. The lowest BCUT2D eigenvalue weighted by Crippen LogP contribution is -2.54. The summed E-state index contributed by atoms with van der Waals surface area (Å²) in [5, 5.41) is 17.1. The molecule has 0 N–H and O–H groups in total. The minimum atomic E-state index is -5.79. The minimum Gasteiger partial charge on any atom is -0.197 e. The summed E-state index contributed by atoms with van der Waals surface area (Å²) in [5.74, 6) is -3.53. The first kappa shape index (κ1) is 18.3. The quantitative estimate of drug-likeness (QED) is 0.571. The van der Waals surface area contributed by atoms with E-state index in [-0.39, 0.29) is 5.57 Å². The van der Waals surface area contributed by atoms with Crippen molar-refractivity contribution >= 4 is 0 Å². The SMILES string of the molecule is C=C(CC(C(C#N)C#N)(C(F)(F)F)C(F)(F)F)C(C)C. The highest BCUT2D eigenvalue weighted by Gasteiger charge is 2.74. The van der Waals surface area contributed by atoms with Gasteiger partial charge in [-0.15, -0.1) is 0 Å². The molecule has 0 amide bonds. The van der Waals surface area contributed by atoms with Crippen LogP contribution in [0.4, 0.5) is 26.3 Å². The van der Waals surface area contributed by atoms with Crippen molar-refractivity contribution in [2.75, 3.05) is 0 Å². The molecule has 0 rings (SSSR count). The largest absolute Gasteiger partial charge is 0.405 e. The summed E-state index contributed by atoms with van der Waals surface area (Å²) >= 11 is 0. The number of halogens is 6. The van der Waals surface area contributed by atoms with Crippen LogP contribution in [0.3, 0.4) is 0 Å². The smallest absolute Gasteiger partial charge is 0.197 e. The third-order valence-electron chi connectivity index (χ3n) is 3.09. The van der Waals surface area contributed by atoms with Crippen molar-refractivity contribution in [2.45, 2.75) is 32.6 Å². The van der Waals surface area contributed by atoms with Crippen LogP contribution in [0, 0.1) is 39.9 Å². The summed E-state index contributed by atoms with van der Waals surface area (Å²) in [4.78, 5) is 0. The summed E-state index contributed by atoms with van der Waals surface area (Å²) in [7, 11) is 0. The highest BCUT2D eigenvalue weighted by Crippen LogP contribution is 2.58. The van der Waals surface area contributed by atoms with Crippen molar-refractivity contribution in [3.8, 4) is 12.1 Å². The van der Waals surface area contributed by atoms with E-state index in [0.29, 0.717) is 0 Å². The first-order valence-electron chi connectivity index (χ1n) is 5.45. The number of hydrogen-bond acceptors (Lipinski definition) is 2. The Hall–Kier alpha value is -1.70. The van der Waals surface area contributed by atoms with E-state index in [9.17, 15) is 26.3 Å². The highest BCUT2D eigenvalue weighted by molar-refractivity contribution is 5.19. The average Bonchev–Trinajstić information content (AvgIpc) is 2.25. The lowest BCUT2D eigenvalue weighted by atomic mass is 9.69. The van der Waals surface area contributed by atoms with Crippen LogP contribution in [0.25, 0.3) is 0 Å². The topological polar surface area (TPSA) is 47.6 Å². The lowest BCUT2D eigenvalue weighted by molar-refractivity contribution is -0.348. The fourth-order valence-electron chi connectivity index (χ4n) is 1.60. The van der Waals surface area contributed by atoms with Crippen molar-refractivity contribution < 1.29 is 26.3 Å². The van der Waals surface area contributed by atoms with Gasteiger partial charge in [-0.1, -0.05) is 26.0 Å². The molecule has 112 valence electrons. The van der Waals surface area contributed by atoms with Crippen molar-refractivity contribution in [1.82, 2.24) is 0 Å². The van der Waals surface area contributed by atoms with Crippen molar-refractivity contribution in [2.24, 2.45) is 17.3 Å². The average molecular weight is 298 g/mol. The number of alkyl halides is 6. The van der Waals surface area contributed by atoms with E-state index in [1.165, 1.54) is 13.8 Å². The summed E-state index contributed by atoms with van der Waals surface area (Å²) in [5.41, 5.74) is -4.75. The summed E-state index contributed by atoms with van der Waals surface area (Å²) in [6, 6.07) is 1.62. The predicted octanol–water partition coefficient (Wildman–Crippen LogP) is 4.36. The van der Waals surface area contributed by atoms with Crippen molar-refractivity contribution in [3.05, 3.63) is 12.2 Å². The van der Waals surface area contributed by atoms with Gasteiger partial charge in [0.2, 0.25) is 0 Å². The van der Waals surface area contributed by atoms with Gasteiger partial charge in [-0.3, -0.25) is 0 Å². The normalized spacial score (nSPS) is 13.2. The molecule has 0 saturated carbocycles. The van der Waals surface area contributed by atoms with E-state index in [1.54, 1.807) is 0 Å². The van der Waals surface area contributed by atoms with Gasteiger partial charge in [-0.25, -0.2) is 0 Å². The van der Waals surface area contributed by atoms with Crippen LogP contribution in [-0.4, -0.2) is 12.4 Å². The Morgan fingerprint density at radius 1 is 1.00 bits per heavy atom. The van der Waals surface area contributed by atoms with Crippen molar-refractivity contribution in [1.29, 1.82) is 10.5 Å². The molecular formula is C12H12F6N2. The van der Waals surface area contributed by atoms with Gasteiger partial charge in [0.1, 0.15) is 0 Å². The van der Waals surface area contributed by atoms with Gasteiger partial charge in [0.05, 0.1) is 12.1 Å². The van der Waals surface area contributed by atoms with Gasteiger partial charge in [0, 0.05) is 0 Å². The van der Waals surface area contributed by atoms with E-state index in [2.05, 4.69) is 6.58 Å². The number of nitriles is 2. The molecule has 8 heteroatoms. The molecule has 2 nitrogen and oxygen atoms in total. The summed E-state index contributed by atoms with van der Waals surface area (Å²) in [6.07, 6.45) is -13.1. The molecule has 0 spiro atoms. The Balaban J connectivity index is 6.21. The van der Waals surface area contributed by atoms with Crippen LogP contribution in [0.15, 0.2) is 12.2 Å². The molecule has 0 heterocycles. The Kier molecular flexibility index (Phi) is 5.25. The van der Waals surface area contributed by atoms with Gasteiger partial charge in [-0.05, 0) is 12.3 Å². The van der Waals surface area contributed by atoms with Crippen LogP contribution in [0.5, 0.6) is 0 Å². The second-order valence-corrected chi connectivity index (χ2v) is 4.65. The van der Waals surface area contributed by atoms with Crippen LogP contribution in [0.2, 0.25) is 0 Å². The predicted molar refractivity (Wildman–Crippen MR) is 57.9 cm³/mol. The maximum atomic E-state index is 13.1. The monoisotopic (exact) mass is 298 g/mol. The number of rotatable bonds is 4. The van der Waals surface area contributed by atoms with E-state index < -0.39 is 36.0 Å². The second kappa shape index (κ2) is 5.74. The minimum absolute atomic E-state index is 0.324. The Bertz CT molecular complexity index is 419. The highest BCUT2D eigenvalue weighted by atomic mass is 19.4. The number of allylic oxidation sites excluding steroid dienone is 1. The van der Waals surface area contributed by atoms with Gasteiger partial charge in [-0.2, -0.15) is 36.9 Å². The van der Waals surface area contributed by atoms with Crippen LogP contribution < -0.4 is 0 Å². The Morgan fingerprint density at radius 2 is 1.35 bits per heavy atom. The lowest BCUT2D eigenvalue weighted by Gasteiger charge is -2.39. The third kappa shape index (κ3) is 3.06. The van der Waals surface area contributed by atoms with Crippen LogP contribution >= 0.6 is 0 Å². The molecule has 0 aliphatic rings. The molecule has 0 aromatic carbocycles. The number of nitrogens with zero attached hydrogens (tertiary/aromatic N) is 2. The zero-order valence-electron chi connectivity index (χ0n) is 10.7. The molecule has 0 radical (unpaired) electrons. The molecule has 0 aromatic heterocycles. The molecule has 0 aromatic rings. The Labute approximate surface area is 112 Å². The molecule has 0 bridgehead atoms. The molecule has 20 heavy (non-hydrogen) atoms. The first-order chi connectivity index (χ1) is 8.85. The van der Waals surface area contributed by atoms with Gasteiger partial charge >= 0.3 is 12.4 Å². The third-order valence-corrected chi connectivity index (χ3v) is 3.09. The Morgan fingerprint density at radius 3 is 1.55 bits per heavy atom. The number of hydrogen-bond donors (Lipinski definition) is 0. The maximum Gasteiger partial charge on any atom is 0.405 e. The zero-order valence-corrected chi connectivity index (χ0v) is 10.7. The summed E-state index contributed by atoms with van der Waals surface area (Å²) in [6.45, 7) is 5.96. The van der Waals surface area contributed by atoms with Crippen LogP contribution in [0.1, 0.15) is 20.3 Å². The fraction of sp³-hybridized carbons (Fsp3) is 0.667. The maximum absolute atomic E-state index is 13.1. The van der Waals surface area contributed by atoms with E-state index in [0.717, 1.165) is 12.1 Å². The first-order valence-corrected chi connectivity index (χ1v) is 5.45. The molecule has 0 fully saturated rings. The molecule has 0 atom stereocenters. The van der Waals surface area contributed by atoms with Gasteiger partial charge < -0.3 is 0 Å². The zero-order chi connectivity index (χ0) is 16.4. The van der Waals surface area contributed by atoms with E-state index >= 15 is 0 Å². The molecule has 0 unspecified atom stereocenters. The van der Waals surface area contributed by atoms with E-state index in [4.69, 9.17) is 10.5 Å². The van der Waals surface area contributed by atoms with E-state index in [1.807, 2.05) is 0 Å². The molecule has 0 saturated heterocycles. The van der Waals surface area contributed by atoms with Crippen LogP contribution in [-0.2, 0) is 0 Å². The fourth-order valence-corrected chi connectivity index (χ4v) is 1.60. The molecule has 0 aliphatic carbocycles.